The Labute approximate surface area is 117 Å². The van der Waals surface area contributed by atoms with Crippen LogP contribution in [0.1, 0.15) is 12.8 Å². The minimum Gasteiger partial charge on any atom is -0.394 e. The summed E-state index contributed by atoms with van der Waals surface area (Å²) in [7, 11) is 0. The molecule has 1 aliphatic heterocycles. The minimum atomic E-state index is -0.847. The van der Waals surface area contributed by atoms with Crippen molar-refractivity contribution in [3.8, 4) is 0 Å². The molecule has 1 heterocycles. The number of likely N-dealkylation sites (tertiary alicyclic amines) is 1. The van der Waals surface area contributed by atoms with Gasteiger partial charge in [-0.2, -0.15) is 0 Å². The Morgan fingerprint density at radius 3 is 2.68 bits per heavy atom. The Morgan fingerprint density at radius 1 is 1.47 bits per heavy atom. The minimum absolute atomic E-state index is 0.154. The number of nitrogens with zero attached hydrogens (tertiary/aromatic N) is 1. The van der Waals surface area contributed by atoms with Gasteiger partial charge < -0.3 is 15.3 Å². The third-order valence-electron chi connectivity index (χ3n) is 3.09. The first-order chi connectivity index (χ1) is 9.02. The SMILES string of the molecule is O=C(Nc1c(F)cc(Br)cc1F)N1CCC[C@@H]1CO. The average molecular weight is 335 g/mol. The number of anilines is 1. The number of amides is 2. The van der Waals surface area contributed by atoms with E-state index in [2.05, 4.69) is 21.2 Å². The second-order valence-corrected chi connectivity index (χ2v) is 5.26. The number of carbonyl (C=O) groups excluding carboxylic acids is 1. The standard InChI is InChI=1S/C12H13BrF2N2O2/c13-7-4-9(14)11(10(15)5-7)16-12(19)17-3-1-2-8(17)6-18/h4-5,8,18H,1-3,6H2,(H,16,19)/t8-/m1/s1. The maximum absolute atomic E-state index is 13.6. The van der Waals surface area contributed by atoms with Crippen molar-refractivity contribution < 1.29 is 18.7 Å². The van der Waals surface area contributed by atoms with Crippen LogP contribution in [0, 0.1) is 11.6 Å². The first-order valence-corrected chi connectivity index (χ1v) is 6.65. The molecule has 0 radical (unpaired) electrons. The highest BCUT2D eigenvalue weighted by molar-refractivity contribution is 9.10. The lowest BCUT2D eigenvalue weighted by atomic mass is 10.2. The van der Waals surface area contributed by atoms with E-state index in [4.69, 9.17) is 5.11 Å². The van der Waals surface area contributed by atoms with Gasteiger partial charge in [0.1, 0.15) is 5.69 Å². The number of hydrogen-bond donors (Lipinski definition) is 2. The number of nitrogens with one attached hydrogen (secondary N) is 1. The summed E-state index contributed by atoms with van der Waals surface area (Å²) in [6.07, 6.45) is 1.46. The Balaban J connectivity index is 2.15. The van der Waals surface area contributed by atoms with E-state index in [1.807, 2.05) is 0 Å². The summed E-state index contributed by atoms with van der Waals surface area (Å²) in [5.41, 5.74) is -0.475. The van der Waals surface area contributed by atoms with E-state index in [1.165, 1.54) is 4.90 Å². The van der Waals surface area contributed by atoms with Gasteiger partial charge in [0, 0.05) is 11.0 Å². The van der Waals surface area contributed by atoms with Crippen LogP contribution in [0.15, 0.2) is 16.6 Å². The maximum Gasteiger partial charge on any atom is 0.322 e. The largest absolute Gasteiger partial charge is 0.394 e. The molecule has 0 spiro atoms. The lowest BCUT2D eigenvalue weighted by Crippen LogP contribution is -2.40. The van der Waals surface area contributed by atoms with Crippen molar-refractivity contribution in [3.63, 3.8) is 0 Å². The lowest BCUT2D eigenvalue weighted by molar-refractivity contribution is 0.166. The number of aliphatic hydroxyl groups is 1. The van der Waals surface area contributed by atoms with Crippen LogP contribution in [0.4, 0.5) is 19.3 Å². The summed E-state index contributed by atoms with van der Waals surface area (Å²) in [5, 5.41) is 11.3. The fourth-order valence-corrected chi connectivity index (χ4v) is 2.54. The summed E-state index contributed by atoms with van der Waals surface area (Å²) in [6, 6.07) is 1.26. The number of carbonyl (C=O) groups is 1. The fraction of sp³-hybridized carbons (Fsp3) is 0.417. The van der Waals surface area contributed by atoms with Crippen LogP contribution in [0.5, 0.6) is 0 Å². The van der Waals surface area contributed by atoms with Crippen LogP contribution >= 0.6 is 15.9 Å². The van der Waals surface area contributed by atoms with E-state index in [0.29, 0.717) is 13.0 Å². The van der Waals surface area contributed by atoms with E-state index >= 15 is 0 Å². The average Bonchev–Trinajstić information content (AvgIpc) is 2.81. The third kappa shape index (κ3) is 3.03. The van der Waals surface area contributed by atoms with Gasteiger partial charge in [-0.1, -0.05) is 15.9 Å². The molecule has 104 valence electrons. The molecule has 0 bridgehead atoms. The van der Waals surface area contributed by atoms with Gasteiger partial charge in [-0.25, -0.2) is 13.6 Å². The van der Waals surface area contributed by atoms with Crippen molar-refractivity contribution in [2.75, 3.05) is 18.5 Å². The smallest absolute Gasteiger partial charge is 0.322 e. The molecule has 0 unspecified atom stereocenters. The van der Waals surface area contributed by atoms with Crippen molar-refractivity contribution in [1.82, 2.24) is 4.90 Å². The maximum atomic E-state index is 13.6. The normalized spacial score (nSPS) is 18.7. The number of benzene rings is 1. The first-order valence-electron chi connectivity index (χ1n) is 5.86. The van der Waals surface area contributed by atoms with Crippen LogP contribution in [-0.4, -0.2) is 35.2 Å². The molecule has 0 aliphatic carbocycles. The van der Waals surface area contributed by atoms with E-state index in [1.54, 1.807) is 0 Å². The van der Waals surface area contributed by atoms with Crippen molar-refractivity contribution >= 4 is 27.6 Å². The van der Waals surface area contributed by atoms with Gasteiger partial charge in [-0.05, 0) is 25.0 Å². The van der Waals surface area contributed by atoms with Crippen LogP contribution < -0.4 is 5.32 Å². The Kier molecular flexibility index (Phi) is 4.36. The molecule has 2 N–H and O–H groups in total. The van der Waals surface area contributed by atoms with Gasteiger partial charge >= 0.3 is 6.03 Å². The highest BCUT2D eigenvalue weighted by atomic mass is 79.9. The second-order valence-electron chi connectivity index (χ2n) is 4.35. The van der Waals surface area contributed by atoms with Crippen molar-refractivity contribution in [2.24, 2.45) is 0 Å². The molecule has 1 aliphatic rings. The van der Waals surface area contributed by atoms with Gasteiger partial charge in [0.15, 0.2) is 11.6 Å². The van der Waals surface area contributed by atoms with Crippen LogP contribution in [0.25, 0.3) is 0 Å². The summed E-state index contributed by atoms with van der Waals surface area (Å²) in [5.74, 6) is -1.69. The Hall–Kier alpha value is -1.21. The van der Waals surface area contributed by atoms with Gasteiger partial charge in [0.25, 0.3) is 0 Å². The van der Waals surface area contributed by atoms with Crippen LogP contribution in [0.3, 0.4) is 0 Å². The molecule has 0 saturated carbocycles. The zero-order valence-electron chi connectivity index (χ0n) is 10.00. The van der Waals surface area contributed by atoms with Crippen LogP contribution in [-0.2, 0) is 0 Å². The van der Waals surface area contributed by atoms with E-state index in [9.17, 15) is 13.6 Å². The molecule has 1 aromatic rings. The van der Waals surface area contributed by atoms with Gasteiger partial charge in [0.2, 0.25) is 0 Å². The topological polar surface area (TPSA) is 52.6 Å². The molecule has 4 nitrogen and oxygen atoms in total. The van der Waals surface area contributed by atoms with Crippen molar-refractivity contribution in [3.05, 3.63) is 28.2 Å². The molecular weight excluding hydrogens is 322 g/mol. The number of halogens is 3. The summed E-state index contributed by atoms with van der Waals surface area (Å²) >= 11 is 2.96. The monoisotopic (exact) mass is 334 g/mol. The summed E-state index contributed by atoms with van der Waals surface area (Å²) in [4.78, 5) is 13.3. The first kappa shape index (κ1) is 14.2. The predicted molar refractivity (Wildman–Crippen MR) is 69.9 cm³/mol. The molecule has 1 atom stereocenters. The van der Waals surface area contributed by atoms with E-state index in [0.717, 1.165) is 18.6 Å². The third-order valence-corrected chi connectivity index (χ3v) is 3.55. The quantitative estimate of drug-likeness (QED) is 0.873. The molecule has 2 rings (SSSR count). The predicted octanol–water partition coefficient (Wildman–Crippen LogP) is 2.72. The molecule has 7 heteroatoms. The number of hydrogen-bond acceptors (Lipinski definition) is 2. The molecular formula is C12H13BrF2N2O2. The number of urea groups is 1. The van der Waals surface area contributed by atoms with Gasteiger partial charge in [-0.3, -0.25) is 0 Å². The fourth-order valence-electron chi connectivity index (χ4n) is 2.13. The Morgan fingerprint density at radius 2 is 2.11 bits per heavy atom. The molecule has 1 fully saturated rings. The summed E-state index contributed by atoms with van der Waals surface area (Å²) in [6.45, 7) is 0.315. The lowest BCUT2D eigenvalue weighted by Gasteiger charge is -2.23. The number of rotatable bonds is 2. The number of aliphatic hydroxyl groups excluding tert-OH is 1. The van der Waals surface area contributed by atoms with Crippen molar-refractivity contribution in [2.45, 2.75) is 18.9 Å². The van der Waals surface area contributed by atoms with Crippen molar-refractivity contribution in [1.29, 1.82) is 0 Å². The Bertz CT molecular complexity index is 476. The zero-order chi connectivity index (χ0) is 14.0. The van der Waals surface area contributed by atoms with E-state index in [-0.39, 0.29) is 17.1 Å². The van der Waals surface area contributed by atoms with Gasteiger partial charge in [0.05, 0.1) is 12.6 Å². The second kappa shape index (κ2) is 5.83. The van der Waals surface area contributed by atoms with Gasteiger partial charge in [-0.15, -0.1) is 0 Å². The molecule has 2 amide bonds. The summed E-state index contributed by atoms with van der Waals surface area (Å²) < 4.78 is 27.4. The molecule has 0 aromatic heterocycles. The molecule has 19 heavy (non-hydrogen) atoms. The highest BCUT2D eigenvalue weighted by Crippen LogP contribution is 2.25. The molecule has 1 aromatic carbocycles. The van der Waals surface area contributed by atoms with E-state index < -0.39 is 23.4 Å². The van der Waals surface area contributed by atoms with Crippen LogP contribution in [0.2, 0.25) is 0 Å². The zero-order valence-corrected chi connectivity index (χ0v) is 11.6. The molecule has 1 saturated heterocycles. The highest BCUT2D eigenvalue weighted by Gasteiger charge is 2.29.